The minimum Gasteiger partial charge on any atom is -0.447 e. The van der Waals surface area contributed by atoms with E-state index in [4.69, 9.17) is 17.0 Å². The van der Waals surface area contributed by atoms with E-state index in [0.29, 0.717) is 29.6 Å². The predicted molar refractivity (Wildman–Crippen MR) is 86.9 cm³/mol. The summed E-state index contributed by atoms with van der Waals surface area (Å²) in [5.41, 5.74) is 0.966. The number of halogens is 1. The lowest BCUT2D eigenvalue weighted by Crippen LogP contribution is -2.33. The summed E-state index contributed by atoms with van der Waals surface area (Å²) in [5.74, 6) is -0.385. The van der Waals surface area contributed by atoms with Crippen LogP contribution in [0.2, 0.25) is 0 Å². The van der Waals surface area contributed by atoms with Gasteiger partial charge in [0.25, 0.3) is 0 Å². The van der Waals surface area contributed by atoms with E-state index in [2.05, 4.69) is 0 Å². The Morgan fingerprint density at radius 3 is 2.77 bits per heavy atom. The number of cyclic esters (lactones) is 1. The molecule has 0 aromatic heterocycles. The molecule has 0 spiro atoms. The van der Waals surface area contributed by atoms with Gasteiger partial charge < -0.3 is 14.5 Å². The fraction of sp³-hybridized carbons (Fsp3) is 0.467. The van der Waals surface area contributed by atoms with Crippen LogP contribution in [-0.4, -0.2) is 48.9 Å². The third-order valence-electron chi connectivity index (χ3n) is 4.15. The minimum absolute atomic E-state index is 0.0447. The lowest BCUT2D eigenvalue weighted by molar-refractivity contribution is 0.178. The zero-order valence-electron chi connectivity index (χ0n) is 12.6. The number of hydrogen-bond donors (Lipinski definition) is 0. The molecule has 2 heterocycles. The van der Waals surface area contributed by atoms with Crippen LogP contribution in [0.5, 0.6) is 0 Å². The Bertz CT molecular complexity index is 625. The van der Waals surface area contributed by atoms with Crippen LogP contribution in [0, 0.1) is 5.82 Å². The first-order valence-electron chi connectivity index (χ1n) is 7.31. The van der Waals surface area contributed by atoms with Crippen LogP contribution >= 0.6 is 12.2 Å². The molecule has 2 aliphatic heterocycles. The summed E-state index contributed by atoms with van der Waals surface area (Å²) in [6.45, 7) is 3.76. The van der Waals surface area contributed by atoms with Gasteiger partial charge in [0.05, 0.1) is 17.4 Å². The lowest BCUT2D eigenvalue weighted by atomic mass is 10.2. The van der Waals surface area contributed by atoms with E-state index in [-0.39, 0.29) is 11.9 Å². The van der Waals surface area contributed by atoms with Gasteiger partial charge in [0.15, 0.2) is 5.11 Å². The Morgan fingerprint density at radius 1 is 1.41 bits per heavy atom. The summed E-state index contributed by atoms with van der Waals surface area (Å²) < 4.78 is 19.6. The molecule has 1 aromatic rings. The summed E-state index contributed by atoms with van der Waals surface area (Å²) in [7, 11) is 1.89. The van der Waals surface area contributed by atoms with Gasteiger partial charge in [-0.05, 0) is 36.8 Å². The number of rotatable bonds is 3. The van der Waals surface area contributed by atoms with Gasteiger partial charge in [-0.15, -0.1) is 0 Å². The second kappa shape index (κ2) is 5.72. The van der Waals surface area contributed by atoms with Crippen molar-refractivity contribution in [1.29, 1.82) is 0 Å². The van der Waals surface area contributed by atoms with Crippen molar-refractivity contribution in [3.63, 3.8) is 0 Å². The van der Waals surface area contributed by atoms with Crippen LogP contribution in [0.4, 0.5) is 20.6 Å². The zero-order chi connectivity index (χ0) is 15.9. The van der Waals surface area contributed by atoms with E-state index in [0.717, 1.165) is 13.0 Å². The fourth-order valence-corrected chi connectivity index (χ4v) is 3.09. The Kier molecular flexibility index (Phi) is 3.90. The number of amides is 1. The van der Waals surface area contributed by atoms with Crippen LogP contribution in [0.1, 0.15) is 13.3 Å². The summed E-state index contributed by atoms with van der Waals surface area (Å²) in [6.07, 6.45) is 0.339. The molecule has 7 heteroatoms. The smallest absolute Gasteiger partial charge is 0.414 e. The van der Waals surface area contributed by atoms with Crippen molar-refractivity contribution >= 4 is 34.8 Å². The van der Waals surface area contributed by atoms with E-state index < -0.39 is 6.09 Å². The highest BCUT2D eigenvalue weighted by atomic mass is 32.1. The minimum atomic E-state index is -0.421. The molecule has 1 atom stereocenters. The topological polar surface area (TPSA) is 36.0 Å². The van der Waals surface area contributed by atoms with Crippen LogP contribution in [0.15, 0.2) is 18.2 Å². The van der Waals surface area contributed by atoms with Crippen molar-refractivity contribution < 1.29 is 13.9 Å². The molecule has 0 aliphatic carbocycles. The molecule has 5 nitrogen and oxygen atoms in total. The molecule has 0 saturated carbocycles. The van der Waals surface area contributed by atoms with Gasteiger partial charge >= 0.3 is 6.09 Å². The molecular weight excluding hydrogens is 305 g/mol. The summed E-state index contributed by atoms with van der Waals surface area (Å²) >= 11 is 5.30. The van der Waals surface area contributed by atoms with Gasteiger partial charge in [-0.25, -0.2) is 9.18 Å². The monoisotopic (exact) mass is 323 g/mol. The molecule has 0 radical (unpaired) electrons. The molecule has 1 aromatic carbocycles. The van der Waals surface area contributed by atoms with Gasteiger partial charge in [0, 0.05) is 20.1 Å². The quantitative estimate of drug-likeness (QED) is 0.799. The highest BCUT2D eigenvalue weighted by molar-refractivity contribution is 7.80. The van der Waals surface area contributed by atoms with Crippen LogP contribution < -0.4 is 9.80 Å². The van der Waals surface area contributed by atoms with Gasteiger partial charge in [-0.3, -0.25) is 4.90 Å². The van der Waals surface area contributed by atoms with E-state index in [1.165, 1.54) is 11.0 Å². The number of anilines is 2. The molecule has 1 unspecified atom stereocenters. The summed E-state index contributed by atoms with van der Waals surface area (Å²) in [6, 6.07) is 4.76. The van der Waals surface area contributed by atoms with Crippen molar-refractivity contribution in [2.75, 3.05) is 36.5 Å². The molecule has 0 bridgehead atoms. The number of ether oxygens (including phenoxy) is 1. The Labute approximate surface area is 134 Å². The third-order valence-corrected chi connectivity index (χ3v) is 4.68. The average molecular weight is 323 g/mol. The second-order valence-corrected chi connectivity index (χ2v) is 5.87. The number of likely N-dealkylation sites (N-methyl/N-ethyl adjacent to an activating group) is 1. The highest BCUT2D eigenvalue weighted by Gasteiger charge is 2.34. The molecule has 0 N–H and O–H groups in total. The lowest BCUT2D eigenvalue weighted by Gasteiger charge is -2.23. The molecule has 22 heavy (non-hydrogen) atoms. The van der Waals surface area contributed by atoms with Crippen LogP contribution in [0.3, 0.4) is 0 Å². The zero-order valence-corrected chi connectivity index (χ0v) is 13.4. The first-order chi connectivity index (χ1) is 10.5. The third kappa shape index (κ3) is 2.39. The van der Waals surface area contributed by atoms with Crippen molar-refractivity contribution in [3.05, 3.63) is 24.0 Å². The van der Waals surface area contributed by atoms with Gasteiger partial charge in [0.2, 0.25) is 0 Å². The number of benzene rings is 1. The summed E-state index contributed by atoms with van der Waals surface area (Å²) in [5, 5.41) is 0.610. The van der Waals surface area contributed by atoms with E-state index in [9.17, 15) is 9.18 Å². The fourth-order valence-electron chi connectivity index (χ4n) is 2.81. The van der Waals surface area contributed by atoms with Gasteiger partial charge in [-0.2, -0.15) is 0 Å². The number of thiocarbonyl (C=S) groups is 1. The molecule has 118 valence electrons. The number of carbonyl (C=O) groups is 1. The van der Waals surface area contributed by atoms with Crippen molar-refractivity contribution in [3.8, 4) is 0 Å². The normalized spacial score (nSPS) is 21.8. The Hall–Kier alpha value is -1.89. The van der Waals surface area contributed by atoms with Crippen LogP contribution in [0.25, 0.3) is 0 Å². The first-order valence-corrected chi connectivity index (χ1v) is 7.72. The maximum Gasteiger partial charge on any atom is 0.414 e. The van der Waals surface area contributed by atoms with Crippen LogP contribution in [-0.2, 0) is 4.74 Å². The SMILES string of the molecule is CCC1COC(=O)N1c1ccc(N2CCN(C)C2=S)c(F)c1. The highest BCUT2D eigenvalue weighted by Crippen LogP contribution is 2.30. The first kappa shape index (κ1) is 15.0. The molecule has 3 rings (SSSR count). The second-order valence-electron chi connectivity index (χ2n) is 5.50. The largest absolute Gasteiger partial charge is 0.447 e. The van der Waals surface area contributed by atoms with Crippen molar-refractivity contribution in [2.24, 2.45) is 0 Å². The Balaban J connectivity index is 1.89. The van der Waals surface area contributed by atoms with Crippen molar-refractivity contribution in [1.82, 2.24) is 4.90 Å². The number of hydrogen-bond acceptors (Lipinski definition) is 3. The number of nitrogens with zero attached hydrogens (tertiary/aromatic N) is 3. The maximum absolute atomic E-state index is 14.5. The number of carbonyl (C=O) groups excluding carboxylic acids is 1. The standard InChI is InChI=1S/C15H18FN3O2S/c1-3-10-9-21-15(20)19(10)11-4-5-13(12(16)8-11)18-7-6-17(2)14(18)22/h4-5,8,10H,3,6-7,9H2,1-2H3. The molecular formula is C15H18FN3O2S. The van der Waals surface area contributed by atoms with E-state index in [1.807, 2.05) is 18.9 Å². The molecule has 2 fully saturated rings. The van der Waals surface area contributed by atoms with Gasteiger partial charge in [0.1, 0.15) is 12.4 Å². The molecule has 2 aliphatic rings. The van der Waals surface area contributed by atoms with E-state index in [1.54, 1.807) is 17.0 Å². The molecule has 1 amide bonds. The van der Waals surface area contributed by atoms with Gasteiger partial charge in [-0.1, -0.05) is 6.92 Å². The Morgan fingerprint density at radius 2 is 2.18 bits per heavy atom. The van der Waals surface area contributed by atoms with E-state index >= 15 is 0 Å². The average Bonchev–Trinajstić information content (AvgIpc) is 3.03. The maximum atomic E-state index is 14.5. The van der Waals surface area contributed by atoms with Crippen molar-refractivity contribution in [2.45, 2.75) is 19.4 Å². The molecule has 2 saturated heterocycles. The summed E-state index contributed by atoms with van der Waals surface area (Å²) in [4.78, 5) is 17.0. The predicted octanol–water partition coefficient (Wildman–Crippen LogP) is 2.60.